The number of H-pyrrole nitrogens is 1. The van der Waals surface area contributed by atoms with E-state index in [0.717, 1.165) is 0 Å². The molecule has 2 aromatic rings. The Hall–Kier alpha value is -2.44. The van der Waals surface area contributed by atoms with E-state index in [1.54, 1.807) is 0 Å². The molecule has 0 aliphatic carbocycles. The Morgan fingerprint density at radius 3 is 2.80 bits per heavy atom. The van der Waals surface area contributed by atoms with E-state index in [1.165, 1.54) is 18.2 Å². The van der Waals surface area contributed by atoms with Crippen LogP contribution in [0.3, 0.4) is 0 Å². The van der Waals surface area contributed by atoms with Crippen molar-refractivity contribution in [2.75, 3.05) is 0 Å². The number of aromatic nitrogens is 1. The zero-order valence-electron chi connectivity index (χ0n) is 7.30. The maximum Gasteiger partial charge on any atom is 0.270 e. The molecule has 2 N–H and O–H groups in total. The summed E-state index contributed by atoms with van der Waals surface area (Å²) >= 11 is 0. The van der Waals surface area contributed by atoms with Crippen molar-refractivity contribution in [3.05, 3.63) is 33.2 Å². The van der Waals surface area contributed by atoms with Gasteiger partial charge < -0.3 is 10.1 Å². The lowest BCUT2D eigenvalue weighted by atomic mass is 10.2. The smallest absolute Gasteiger partial charge is 0.270 e. The van der Waals surface area contributed by atoms with Crippen LogP contribution in [0.25, 0.3) is 10.9 Å². The highest BCUT2D eigenvalue weighted by Gasteiger charge is 2.15. The molecule has 0 radical (unpaired) electrons. The van der Waals surface area contributed by atoms with Crippen molar-refractivity contribution in [1.82, 2.24) is 4.98 Å². The Morgan fingerprint density at radius 2 is 2.20 bits per heavy atom. The zero-order valence-corrected chi connectivity index (χ0v) is 7.30. The number of benzene rings is 1. The number of hydrogen-bond acceptors (Lipinski definition) is 5. The highest BCUT2D eigenvalue weighted by molar-refractivity contribution is 5.95. The number of fused-ring (bicyclic) bond motifs is 1. The van der Waals surface area contributed by atoms with Crippen molar-refractivity contribution in [3.8, 4) is 5.88 Å². The van der Waals surface area contributed by atoms with Gasteiger partial charge in [0.1, 0.15) is 0 Å². The van der Waals surface area contributed by atoms with Crippen LogP contribution in [0, 0.1) is 15.0 Å². The summed E-state index contributed by atoms with van der Waals surface area (Å²) in [5.41, 5.74) is 0.0489. The van der Waals surface area contributed by atoms with Crippen LogP contribution in [0.4, 0.5) is 11.4 Å². The molecule has 0 saturated heterocycles. The monoisotopic (exact) mass is 207 g/mol. The van der Waals surface area contributed by atoms with Gasteiger partial charge in [-0.25, -0.2) is 0 Å². The third kappa shape index (κ3) is 1.30. The van der Waals surface area contributed by atoms with E-state index in [1.807, 2.05) is 0 Å². The van der Waals surface area contributed by atoms with Crippen molar-refractivity contribution < 1.29 is 10.0 Å². The lowest BCUT2D eigenvalue weighted by Gasteiger charge is -1.91. The summed E-state index contributed by atoms with van der Waals surface area (Å²) < 4.78 is 0. The van der Waals surface area contributed by atoms with Gasteiger partial charge in [-0.2, -0.15) is 0 Å². The molecular formula is C8H5N3O4. The third-order valence-corrected chi connectivity index (χ3v) is 2.04. The van der Waals surface area contributed by atoms with Crippen molar-refractivity contribution in [2.24, 2.45) is 5.18 Å². The van der Waals surface area contributed by atoms with Gasteiger partial charge in [0.15, 0.2) is 5.69 Å². The molecule has 76 valence electrons. The van der Waals surface area contributed by atoms with E-state index in [4.69, 9.17) is 0 Å². The van der Waals surface area contributed by atoms with E-state index >= 15 is 0 Å². The third-order valence-electron chi connectivity index (χ3n) is 2.04. The molecule has 2 rings (SSSR count). The summed E-state index contributed by atoms with van der Waals surface area (Å²) in [7, 11) is 0. The fourth-order valence-electron chi connectivity index (χ4n) is 1.36. The van der Waals surface area contributed by atoms with Gasteiger partial charge in [0.25, 0.3) is 5.69 Å². The largest absolute Gasteiger partial charge is 0.493 e. The number of hydrogen-bond donors (Lipinski definition) is 2. The Labute approximate surface area is 82.5 Å². The summed E-state index contributed by atoms with van der Waals surface area (Å²) in [6.45, 7) is 0. The standard InChI is InChI=1S/C8H5N3O4/c12-8-7(10-13)5-3-4(11(14)15)1-2-6(5)9-8/h1-3,9,12H. The topological polar surface area (TPSA) is 109 Å². The Morgan fingerprint density at radius 1 is 1.47 bits per heavy atom. The summed E-state index contributed by atoms with van der Waals surface area (Å²) in [4.78, 5) is 22.8. The number of aromatic hydroxyl groups is 1. The van der Waals surface area contributed by atoms with Crippen LogP contribution < -0.4 is 0 Å². The predicted octanol–water partition coefficient (Wildman–Crippen LogP) is 2.18. The first kappa shape index (κ1) is 9.13. The second kappa shape index (κ2) is 3.05. The van der Waals surface area contributed by atoms with Gasteiger partial charge in [-0.05, 0) is 11.2 Å². The molecule has 0 amide bonds. The highest BCUT2D eigenvalue weighted by atomic mass is 16.6. The fraction of sp³-hybridized carbons (Fsp3) is 0. The first-order valence-corrected chi connectivity index (χ1v) is 3.96. The first-order valence-electron chi connectivity index (χ1n) is 3.96. The van der Waals surface area contributed by atoms with Crippen LogP contribution >= 0.6 is 0 Å². The molecule has 0 unspecified atom stereocenters. The summed E-state index contributed by atoms with van der Waals surface area (Å²) in [6, 6.07) is 3.86. The lowest BCUT2D eigenvalue weighted by molar-refractivity contribution is -0.384. The van der Waals surface area contributed by atoms with E-state index < -0.39 is 4.92 Å². The van der Waals surface area contributed by atoms with Crippen LogP contribution in [-0.2, 0) is 0 Å². The number of nitrogens with zero attached hydrogens (tertiary/aromatic N) is 2. The molecule has 0 atom stereocenters. The van der Waals surface area contributed by atoms with Crippen LogP contribution in [-0.4, -0.2) is 15.0 Å². The number of rotatable bonds is 2. The van der Waals surface area contributed by atoms with E-state index in [-0.39, 0.29) is 22.6 Å². The van der Waals surface area contributed by atoms with Crippen molar-refractivity contribution in [1.29, 1.82) is 0 Å². The molecular weight excluding hydrogens is 202 g/mol. The van der Waals surface area contributed by atoms with Gasteiger partial charge >= 0.3 is 0 Å². The van der Waals surface area contributed by atoms with Crippen LogP contribution in [0.5, 0.6) is 5.88 Å². The molecule has 0 fully saturated rings. The highest BCUT2D eigenvalue weighted by Crippen LogP contribution is 2.36. The number of nitrogens with one attached hydrogen (secondary N) is 1. The fourth-order valence-corrected chi connectivity index (χ4v) is 1.36. The minimum absolute atomic E-state index is 0.161. The molecule has 1 aromatic carbocycles. The van der Waals surface area contributed by atoms with E-state index in [2.05, 4.69) is 10.2 Å². The molecule has 0 spiro atoms. The maximum atomic E-state index is 10.5. The molecule has 0 aliphatic rings. The van der Waals surface area contributed by atoms with Gasteiger partial charge in [-0.15, -0.1) is 4.91 Å². The lowest BCUT2D eigenvalue weighted by Crippen LogP contribution is -1.86. The number of aromatic amines is 1. The van der Waals surface area contributed by atoms with Crippen LogP contribution in [0.15, 0.2) is 23.4 Å². The second-order valence-electron chi connectivity index (χ2n) is 2.90. The van der Waals surface area contributed by atoms with Crippen molar-refractivity contribution in [2.45, 2.75) is 0 Å². The molecule has 15 heavy (non-hydrogen) atoms. The number of non-ortho nitro benzene ring substituents is 1. The number of nitro groups is 1. The SMILES string of the molecule is O=Nc1c(O)[nH]c2ccc([N+](=O)[O-])cc12. The van der Waals surface area contributed by atoms with Crippen molar-refractivity contribution in [3.63, 3.8) is 0 Å². The normalized spacial score (nSPS) is 10.4. The molecule has 0 bridgehead atoms. The average molecular weight is 207 g/mol. The van der Waals surface area contributed by atoms with Gasteiger partial charge in [0, 0.05) is 17.5 Å². The minimum atomic E-state index is -0.585. The molecule has 0 saturated carbocycles. The van der Waals surface area contributed by atoms with Crippen LogP contribution in [0.2, 0.25) is 0 Å². The summed E-state index contributed by atoms with van der Waals surface area (Å²) in [5.74, 6) is -0.388. The van der Waals surface area contributed by atoms with Gasteiger partial charge in [0.05, 0.1) is 10.4 Å². The predicted molar refractivity (Wildman–Crippen MR) is 52.1 cm³/mol. The number of nitro benzene ring substituents is 1. The Kier molecular flexibility index (Phi) is 1.86. The minimum Gasteiger partial charge on any atom is -0.493 e. The quantitative estimate of drug-likeness (QED) is 0.446. The molecule has 7 nitrogen and oxygen atoms in total. The van der Waals surface area contributed by atoms with E-state index in [0.29, 0.717) is 5.52 Å². The maximum absolute atomic E-state index is 10.5. The molecule has 1 heterocycles. The van der Waals surface area contributed by atoms with E-state index in [9.17, 15) is 20.1 Å². The van der Waals surface area contributed by atoms with Crippen LogP contribution in [0.1, 0.15) is 0 Å². The number of nitroso groups, excluding NO2 is 1. The second-order valence-corrected chi connectivity index (χ2v) is 2.90. The molecule has 7 heteroatoms. The summed E-state index contributed by atoms with van der Waals surface area (Å²) in [5, 5.41) is 22.6. The Balaban J connectivity index is 2.78. The van der Waals surface area contributed by atoms with Gasteiger partial charge in [-0.1, -0.05) is 0 Å². The van der Waals surface area contributed by atoms with Gasteiger partial charge in [0.2, 0.25) is 5.88 Å². The van der Waals surface area contributed by atoms with Gasteiger partial charge in [-0.3, -0.25) is 10.1 Å². The average Bonchev–Trinajstić information content (AvgIpc) is 2.51. The molecule has 1 aromatic heterocycles. The summed E-state index contributed by atoms with van der Waals surface area (Å²) in [6.07, 6.45) is 0. The zero-order chi connectivity index (χ0) is 11.0. The molecule has 0 aliphatic heterocycles. The Bertz CT molecular complexity index is 560. The van der Waals surface area contributed by atoms with Crippen molar-refractivity contribution >= 4 is 22.3 Å². The first-order chi connectivity index (χ1) is 7.13.